The van der Waals surface area contributed by atoms with E-state index in [0.29, 0.717) is 23.7 Å². The zero-order valence-electron chi connectivity index (χ0n) is 22.1. The van der Waals surface area contributed by atoms with Crippen LogP contribution in [0.1, 0.15) is 112 Å². The van der Waals surface area contributed by atoms with Crippen molar-refractivity contribution in [2.24, 2.45) is 46.3 Å². The van der Waals surface area contributed by atoms with Crippen LogP contribution in [0.3, 0.4) is 0 Å². The van der Waals surface area contributed by atoms with Gasteiger partial charge in [-0.05, 0) is 97.7 Å². The van der Waals surface area contributed by atoms with E-state index in [4.69, 9.17) is 4.18 Å². The van der Waals surface area contributed by atoms with Gasteiger partial charge in [0, 0.05) is 6.42 Å². The highest BCUT2D eigenvalue weighted by Gasteiger charge is 2.64. The Labute approximate surface area is 203 Å². The topological polar surface area (TPSA) is 63.6 Å². The van der Waals surface area contributed by atoms with Crippen molar-refractivity contribution in [3.8, 4) is 0 Å². The lowest BCUT2D eigenvalue weighted by Gasteiger charge is -2.64. The van der Waals surface area contributed by atoms with Crippen LogP contribution in [0.15, 0.2) is 0 Å². The van der Waals surface area contributed by atoms with Crippen LogP contribution in [-0.2, 0) is 14.3 Å². The SMILES string of the molecule is CC(C)CCCC(C)C1CCC2C3CCC4(O)CC(OS(C)(=O)=O)CCC4(C)C3CCC12C. The molecule has 0 heterocycles. The van der Waals surface area contributed by atoms with Crippen molar-refractivity contribution in [3.05, 3.63) is 0 Å². The summed E-state index contributed by atoms with van der Waals surface area (Å²) in [5.41, 5.74) is -0.450. The van der Waals surface area contributed by atoms with Gasteiger partial charge < -0.3 is 5.11 Å². The van der Waals surface area contributed by atoms with Crippen LogP contribution >= 0.6 is 0 Å². The molecule has 9 unspecified atom stereocenters. The standard InChI is InChI=1S/C28H50O4S/c1-19(2)8-7-9-20(3)23-10-11-24-22-13-17-28(29)18-21(32-33(6,30)31)12-16-27(28,5)25(22)14-15-26(23,24)4/h19-25,29H,7-18H2,1-6H3. The van der Waals surface area contributed by atoms with Gasteiger partial charge in [-0.25, -0.2) is 0 Å². The molecular formula is C28H50O4S. The normalized spacial score (nSPS) is 46.5. The summed E-state index contributed by atoms with van der Waals surface area (Å²) < 4.78 is 28.8. The van der Waals surface area contributed by atoms with E-state index >= 15 is 0 Å². The zero-order chi connectivity index (χ0) is 24.2. The minimum Gasteiger partial charge on any atom is -0.389 e. The first kappa shape index (κ1) is 25.9. The lowest BCUT2D eigenvalue weighted by atomic mass is 9.43. The summed E-state index contributed by atoms with van der Waals surface area (Å²) in [5, 5.41) is 11.9. The number of hydrogen-bond donors (Lipinski definition) is 1. The highest BCUT2D eigenvalue weighted by Crippen LogP contribution is 2.69. The van der Waals surface area contributed by atoms with Crippen LogP contribution in [0.4, 0.5) is 0 Å². The summed E-state index contributed by atoms with van der Waals surface area (Å²) in [7, 11) is -3.49. The quantitative estimate of drug-likeness (QED) is 0.417. The first-order chi connectivity index (χ1) is 15.3. The Bertz CT molecular complexity index is 809. The molecule has 4 rings (SSSR count). The van der Waals surface area contributed by atoms with Gasteiger partial charge in [-0.15, -0.1) is 0 Å². The number of rotatable bonds is 7. The summed E-state index contributed by atoms with van der Waals surface area (Å²) in [4.78, 5) is 0. The van der Waals surface area contributed by atoms with Gasteiger partial charge in [0.1, 0.15) is 0 Å². The largest absolute Gasteiger partial charge is 0.389 e. The van der Waals surface area contributed by atoms with E-state index in [0.717, 1.165) is 55.6 Å². The van der Waals surface area contributed by atoms with Gasteiger partial charge in [0.05, 0.1) is 18.0 Å². The monoisotopic (exact) mass is 482 g/mol. The molecule has 0 aromatic rings. The Morgan fingerprint density at radius 2 is 1.67 bits per heavy atom. The lowest BCUT2D eigenvalue weighted by Crippen LogP contribution is -2.63. The number of aliphatic hydroxyl groups is 1. The molecule has 33 heavy (non-hydrogen) atoms. The molecule has 0 spiro atoms. The number of fused-ring (bicyclic) bond motifs is 5. The van der Waals surface area contributed by atoms with Gasteiger partial charge in [-0.2, -0.15) is 8.42 Å². The molecule has 4 fully saturated rings. The molecule has 0 saturated heterocycles. The molecule has 4 aliphatic carbocycles. The number of hydrogen-bond acceptors (Lipinski definition) is 4. The van der Waals surface area contributed by atoms with Crippen molar-refractivity contribution in [1.82, 2.24) is 0 Å². The minimum atomic E-state index is -3.49. The summed E-state index contributed by atoms with van der Waals surface area (Å²) in [5.74, 6) is 4.54. The Balaban J connectivity index is 1.47. The van der Waals surface area contributed by atoms with Crippen molar-refractivity contribution in [1.29, 1.82) is 0 Å². The molecule has 1 N–H and O–H groups in total. The van der Waals surface area contributed by atoms with Gasteiger partial charge in [-0.3, -0.25) is 4.18 Å². The van der Waals surface area contributed by atoms with Crippen molar-refractivity contribution in [3.63, 3.8) is 0 Å². The molecular weight excluding hydrogens is 432 g/mol. The Kier molecular flexibility index (Phi) is 7.13. The maximum Gasteiger partial charge on any atom is 0.264 e. The molecule has 9 atom stereocenters. The van der Waals surface area contributed by atoms with Gasteiger partial charge in [0.15, 0.2) is 0 Å². The average molecular weight is 483 g/mol. The van der Waals surface area contributed by atoms with E-state index in [1.54, 1.807) is 0 Å². The molecule has 5 heteroatoms. The predicted octanol–water partition coefficient (Wildman–Crippen LogP) is 6.57. The molecule has 0 aromatic heterocycles. The summed E-state index contributed by atoms with van der Waals surface area (Å²) in [6.45, 7) is 12.1. The van der Waals surface area contributed by atoms with Gasteiger partial charge in [0.25, 0.3) is 10.1 Å². The van der Waals surface area contributed by atoms with Gasteiger partial charge in [-0.1, -0.05) is 53.9 Å². The van der Waals surface area contributed by atoms with E-state index in [-0.39, 0.29) is 11.5 Å². The first-order valence-corrected chi connectivity index (χ1v) is 15.7. The van der Waals surface area contributed by atoms with Crippen LogP contribution < -0.4 is 0 Å². The molecule has 0 bridgehead atoms. The Morgan fingerprint density at radius 1 is 0.939 bits per heavy atom. The second-order valence-electron chi connectivity index (χ2n) is 13.6. The van der Waals surface area contributed by atoms with Crippen LogP contribution in [0.5, 0.6) is 0 Å². The fraction of sp³-hybridized carbons (Fsp3) is 1.00. The third-order valence-corrected chi connectivity index (χ3v) is 11.9. The van der Waals surface area contributed by atoms with Crippen LogP contribution in [-0.4, -0.2) is 31.5 Å². The van der Waals surface area contributed by atoms with E-state index in [1.807, 2.05) is 0 Å². The van der Waals surface area contributed by atoms with Crippen molar-refractivity contribution < 1.29 is 17.7 Å². The first-order valence-electron chi connectivity index (χ1n) is 13.9. The minimum absolute atomic E-state index is 0.115. The molecule has 192 valence electrons. The average Bonchev–Trinajstić information content (AvgIpc) is 3.04. The fourth-order valence-corrected chi connectivity index (χ4v) is 10.2. The van der Waals surface area contributed by atoms with Gasteiger partial charge in [0.2, 0.25) is 0 Å². The van der Waals surface area contributed by atoms with Crippen molar-refractivity contribution >= 4 is 10.1 Å². The highest BCUT2D eigenvalue weighted by molar-refractivity contribution is 7.86. The van der Waals surface area contributed by atoms with Crippen LogP contribution in [0.25, 0.3) is 0 Å². The zero-order valence-corrected chi connectivity index (χ0v) is 22.9. The second kappa shape index (κ2) is 9.07. The summed E-state index contributed by atoms with van der Waals surface area (Å²) in [6.07, 6.45) is 14.1. The smallest absolute Gasteiger partial charge is 0.264 e. The van der Waals surface area contributed by atoms with E-state index in [1.165, 1.54) is 44.9 Å². The van der Waals surface area contributed by atoms with Gasteiger partial charge >= 0.3 is 0 Å². The predicted molar refractivity (Wildman–Crippen MR) is 134 cm³/mol. The molecule has 0 amide bonds. The second-order valence-corrected chi connectivity index (χ2v) is 15.2. The highest BCUT2D eigenvalue weighted by atomic mass is 32.2. The maximum atomic E-state index is 11.9. The Morgan fingerprint density at radius 3 is 2.33 bits per heavy atom. The summed E-state index contributed by atoms with van der Waals surface area (Å²) >= 11 is 0. The molecule has 4 saturated carbocycles. The maximum absolute atomic E-state index is 11.9. The molecule has 4 aliphatic rings. The van der Waals surface area contributed by atoms with E-state index in [9.17, 15) is 13.5 Å². The molecule has 0 aliphatic heterocycles. The molecule has 0 radical (unpaired) electrons. The van der Waals surface area contributed by atoms with E-state index < -0.39 is 15.7 Å². The van der Waals surface area contributed by atoms with Crippen LogP contribution in [0.2, 0.25) is 0 Å². The Hall–Kier alpha value is -0.130. The van der Waals surface area contributed by atoms with Crippen molar-refractivity contribution in [2.75, 3.05) is 6.26 Å². The van der Waals surface area contributed by atoms with Crippen LogP contribution in [0, 0.1) is 46.3 Å². The van der Waals surface area contributed by atoms with E-state index in [2.05, 4.69) is 34.6 Å². The lowest BCUT2D eigenvalue weighted by molar-refractivity contribution is -0.217. The fourth-order valence-electron chi connectivity index (χ4n) is 9.56. The third kappa shape index (κ3) is 4.69. The third-order valence-electron chi connectivity index (χ3n) is 11.3. The molecule has 4 nitrogen and oxygen atoms in total. The summed E-state index contributed by atoms with van der Waals surface area (Å²) in [6, 6.07) is 0. The molecule has 0 aromatic carbocycles. The van der Waals surface area contributed by atoms with Crippen molar-refractivity contribution in [2.45, 2.75) is 123 Å².